The molecule has 0 radical (unpaired) electrons. The maximum atomic E-state index is 13.7. The quantitative estimate of drug-likeness (QED) is 0.0590. The molecule has 0 bridgehead atoms. The van der Waals surface area contributed by atoms with Crippen LogP contribution in [-0.2, 0) is 41.7 Å². The Balaban J connectivity index is 1.58. The van der Waals surface area contributed by atoms with Crippen molar-refractivity contribution in [2.45, 2.75) is 124 Å². The highest BCUT2D eigenvalue weighted by atomic mass is 16.5. The van der Waals surface area contributed by atoms with Gasteiger partial charge >= 0.3 is 12.0 Å². The molecule has 1 saturated carbocycles. The Morgan fingerprint density at radius 1 is 0.793 bits per heavy atom. The molecule has 1 fully saturated rings. The Labute approximate surface area is 343 Å². The summed E-state index contributed by atoms with van der Waals surface area (Å²) in [5.41, 5.74) is 6.65. The summed E-state index contributed by atoms with van der Waals surface area (Å²) in [6.07, 6.45) is 5.51. The molecular weight excluding hydrogens is 739 g/mol. The Kier molecular flexibility index (Phi) is 19.9. The molecule has 0 saturated heterocycles. The van der Waals surface area contributed by atoms with Gasteiger partial charge in [0.15, 0.2) is 0 Å². The number of ether oxygens (including phenoxy) is 1. The van der Waals surface area contributed by atoms with Crippen LogP contribution in [0.5, 0.6) is 0 Å². The molecule has 6 N–H and O–H groups in total. The average Bonchev–Trinajstić information content (AvgIpc) is 3.22. The molecule has 14 heteroatoms. The van der Waals surface area contributed by atoms with Gasteiger partial charge in [0.2, 0.25) is 23.6 Å². The van der Waals surface area contributed by atoms with Crippen molar-refractivity contribution in [1.29, 1.82) is 0 Å². The molecule has 1 aliphatic carbocycles. The van der Waals surface area contributed by atoms with Gasteiger partial charge in [0.25, 0.3) is 0 Å². The largest absolute Gasteiger partial charge is 0.469 e. The first-order valence-electron chi connectivity index (χ1n) is 20.7. The second kappa shape index (κ2) is 24.5. The van der Waals surface area contributed by atoms with Gasteiger partial charge < -0.3 is 31.3 Å². The van der Waals surface area contributed by atoms with E-state index in [1.165, 1.54) is 19.6 Å². The van der Waals surface area contributed by atoms with E-state index in [1.54, 1.807) is 6.92 Å². The Hall–Kier alpha value is -5.27. The van der Waals surface area contributed by atoms with E-state index in [1.807, 2.05) is 82.3 Å². The first-order valence-corrected chi connectivity index (χ1v) is 20.7. The van der Waals surface area contributed by atoms with Gasteiger partial charge in [-0.15, -0.1) is 0 Å². The van der Waals surface area contributed by atoms with Crippen molar-refractivity contribution in [3.8, 4) is 0 Å². The molecule has 6 amide bonds. The highest BCUT2D eigenvalue weighted by Gasteiger charge is 2.31. The number of carbonyl (C=O) groups excluding carboxylic acids is 6. The number of hydrogen-bond donors (Lipinski definition) is 6. The zero-order chi connectivity index (χ0) is 42.6. The molecule has 0 spiro atoms. The third-order valence-electron chi connectivity index (χ3n) is 10.7. The first kappa shape index (κ1) is 47.1. The number of nitrogens with zero attached hydrogens (tertiary/aromatic N) is 1. The van der Waals surface area contributed by atoms with E-state index in [0.29, 0.717) is 31.6 Å². The van der Waals surface area contributed by atoms with Crippen LogP contribution in [0.3, 0.4) is 0 Å². The molecule has 1 aliphatic rings. The van der Waals surface area contributed by atoms with Crippen molar-refractivity contribution in [3.63, 3.8) is 0 Å². The van der Waals surface area contributed by atoms with Crippen molar-refractivity contribution in [1.82, 2.24) is 32.0 Å². The van der Waals surface area contributed by atoms with Gasteiger partial charge in [0, 0.05) is 24.9 Å². The van der Waals surface area contributed by atoms with Crippen molar-refractivity contribution in [2.75, 3.05) is 13.7 Å². The minimum absolute atomic E-state index is 0.0410. The second-order valence-electron chi connectivity index (χ2n) is 15.8. The minimum atomic E-state index is -0.967. The number of aryl methyl sites for hydroxylation is 2. The number of urea groups is 1. The molecule has 3 rings (SSSR count). The van der Waals surface area contributed by atoms with Crippen molar-refractivity contribution < 1.29 is 33.5 Å². The molecule has 0 heterocycles. The van der Waals surface area contributed by atoms with E-state index in [4.69, 9.17) is 0 Å². The molecular formula is C44H65N7O7. The normalized spacial score (nSPS) is 17.5. The molecule has 318 valence electrons. The summed E-state index contributed by atoms with van der Waals surface area (Å²) in [5.74, 6) is -2.73. The van der Waals surface area contributed by atoms with Crippen LogP contribution >= 0.6 is 0 Å². The van der Waals surface area contributed by atoms with Gasteiger partial charge in [0.1, 0.15) is 12.1 Å². The summed E-state index contributed by atoms with van der Waals surface area (Å²) in [6, 6.07) is 15.3. The Morgan fingerprint density at radius 2 is 1.47 bits per heavy atom. The van der Waals surface area contributed by atoms with Crippen molar-refractivity contribution in [3.05, 3.63) is 71.3 Å². The number of carbonyl (C=O) groups is 6. The van der Waals surface area contributed by atoms with Crippen LogP contribution in [0.15, 0.2) is 59.7 Å². The van der Waals surface area contributed by atoms with Gasteiger partial charge in [-0.05, 0) is 88.2 Å². The SMILES string of the molecule is CC[C@H](NC(=O)[C@@H](NC(=O)[C@H](C)NC(=O)[C@@H](C)CC(=O)OC)C(C)C)/C(CCCc1ccccc1)=N\NC(=O)NCC1CCC(C(=O)NCc2ccc(C)cc2)CC1. The van der Waals surface area contributed by atoms with Crippen LogP contribution in [0.4, 0.5) is 4.79 Å². The maximum Gasteiger partial charge on any atom is 0.335 e. The fourth-order valence-electron chi connectivity index (χ4n) is 6.84. The lowest BCUT2D eigenvalue weighted by Gasteiger charge is -2.28. The molecule has 0 aliphatic heterocycles. The number of methoxy groups -OCH3 is 1. The molecule has 0 unspecified atom stereocenters. The Morgan fingerprint density at radius 3 is 2.09 bits per heavy atom. The molecule has 4 atom stereocenters. The molecule has 2 aromatic carbocycles. The number of hydrazone groups is 1. The van der Waals surface area contributed by atoms with Gasteiger partial charge in [-0.1, -0.05) is 87.9 Å². The fraction of sp³-hybridized carbons (Fsp3) is 0.568. The predicted octanol–water partition coefficient (Wildman–Crippen LogP) is 4.84. The van der Waals surface area contributed by atoms with E-state index in [0.717, 1.165) is 49.7 Å². The highest BCUT2D eigenvalue weighted by molar-refractivity contribution is 5.97. The summed E-state index contributed by atoms with van der Waals surface area (Å²) >= 11 is 0. The number of esters is 1. The van der Waals surface area contributed by atoms with Crippen molar-refractivity contribution >= 4 is 41.3 Å². The third kappa shape index (κ3) is 16.3. The van der Waals surface area contributed by atoms with Gasteiger partial charge in [-0.2, -0.15) is 5.10 Å². The van der Waals surface area contributed by atoms with E-state index < -0.39 is 53.8 Å². The smallest absolute Gasteiger partial charge is 0.335 e. The topological polar surface area (TPSA) is 196 Å². The minimum Gasteiger partial charge on any atom is -0.469 e. The summed E-state index contributed by atoms with van der Waals surface area (Å²) in [4.78, 5) is 76.9. The summed E-state index contributed by atoms with van der Waals surface area (Å²) in [5, 5.41) is 18.9. The van der Waals surface area contributed by atoms with Crippen LogP contribution in [0, 0.1) is 30.6 Å². The monoisotopic (exact) mass is 803 g/mol. The lowest BCUT2D eigenvalue weighted by molar-refractivity contribution is -0.144. The van der Waals surface area contributed by atoms with E-state index in [-0.39, 0.29) is 30.1 Å². The van der Waals surface area contributed by atoms with Gasteiger partial charge in [-0.3, -0.25) is 24.0 Å². The number of benzene rings is 2. The second-order valence-corrected chi connectivity index (χ2v) is 15.8. The average molecular weight is 804 g/mol. The number of amides is 6. The van der Waals surface area contributed by atoms with Crippen LogP contribution < -0.4 is 32.0 Å². The van der Waals surface area contributed by atoms with Crippen LogP contribution in [0.2, 0.25) is 0 Å². The van der Waals surface area contributed by atoms with E-state index >= 15 is 0 Å². The fourth-order valence-corrected chi connectivity index (χ4v) is 6.84. The van der Waals surface area contributed by atoms with Gasteiger partial charge in [-0.25, -0.2) is 10.2 Å². The lowest BCUT2D eigenvalue weighted by atomic mass is 9.81. The summed E-state index contributed by atoms with van der Waals surface area (Å²) in [6.45, 7) is 11.6. The molecule has 2 aromatic rings. The van der Waals surface area contributed by atoms with Crippen LogP contribution in [0.1, 0.15) is 103 Å². The number of nitrogens with one attached hydrogen (secondary N) is 6. The number of hydrogen-bond acceptors (Lipinski definition) is 8. The zero-order valence-corrected chi connectivity index (χ0v) is 35.3. The third-order valence-corrected chi connectivity index (χ3v) is 10.7. The highest BCUT2D eigenvalue weighted by Crippen LogP contribution is 2.28. The van der Waals surface area contributed by atoms with Crippen molar-refractivity contribution in [2.24, 2.45) is 28.8 Å². The Bertz CT molecular complexity index is 1670. The maximum absolute atomic E-state index is 13.7. The molecule has 0 aromatic heterocycles. The standard InChI is InChI=1S/C44H65N7O7/c1-8-36(48-43(56)39(28(2)3)49-41(54)31(6)47-40(53)30(5)25-38(52)58-7)37(16-12-15-32-13-10-9-11-14-32)50-51-44(57)46-27-34-21-23-35(24-22-34)42(55)45-26-33-19-17-29(4)18-20-33/h9-11,13-14,17-20,28,30-31,34-36,39H,8,12,15-16,21-27H2,1-7H3,(H,45,55)(H,47,53)(H,48,56)(H,49,54)(H2,46,51,57)/b50-37-/t30-,31-,34?,35?,36-,39-/m0/s1. The predicted molar refractivity (Wildman–Crippen MR) is 224 cm³/mol. The van der Waals surface area contributed by atoms with Crippen LogP contribution in [0.25, 0.3) is 0 Å². The van der Waals surface area contributed by atoms with E-state index in [2.05, 4.69) is 41.8 Å². The number of rotatable bonds is 21. The summed E-state index contributed by atoms with van der Waals surface area (Å²) in [7, 11) is 1.24. The molecule has 14 nitrogen and oxygen atoms in total. The summed E-state index contributed by atoms with van der Waals surface area (Å²) < 4.78 is 4.63. The van der Waals surface area contributed by atoms with E-state index in [9.17, 15) is 28.8 Å². The van der Waals surface area contributed by atoms with Crippen LogP contribution in [-0.4, -0.2) is 73.1 Å². The lowest BCUT2D eigenvalue weighted by Crippen LogP contribution is -2.57. The first-order chi connectivity index (χ1) is 27.7. The van der Waals surface area contributed by atoms with Gasteiger partial charge in [0.05, 0.1) is 25.3 Å². The molecule has 58 heavy (non-hydrogen) atoms. The zero-order valence-electron chi connectivity index (χ0n) is 35.3.